The van der Waals surface area contributed by atoms with Crippen molar-refractivity contribution in [2.24, 2.45) is 11.3 Å². The van der Waals surface area contributed by atoms with Crippen LogP contribution < -0.4 is 10.5 Å². The first kappa shape index (κ1) is 18.1. The molecule has 1 aliphatic heterocycles. The quantitative estimate of drug-likeness (QED) is 0.691. The fourth-order valence-corrected chi connectivity index (χ4v) is 4.86. The van der Waals surface area contributed by atoms with E-state index in [2.05, 4.69) is 48.0 Å². The second kappa shape index (κ2) is 6.83. The summed E-state index contributed by atoms with van der Waals surface area (Å²) in [6, 6.07) is 14.2. The smallest absolute Gasteiger partial charge is 0.255 e. The highest BCUT2D eigenvalue weighted by atomic mass is 16.1. The molecule has 1 aromatic carbocycles. The van der Waals surface area contributed by atoms with Gasteiger partial charge in [0.2, 0.25) is 5.95 Å². The zero-order valence-electron chi connectivity index (χ0n) is 17.0. The molecule has 0 fully saturated rings. The van der Waals surface area contributed by atoms with Crippen molar-refractivity contribution < 1.29 is 0 Å². The molecule has 29 heavy (non-hydrogen) atoms. The molecule has 0 radical (unpaired) electrons. The molecule has 0 spiro atoms. The van der Waals surface area contributed by atoms with Crippen molar-refractivity contribution in [3.63, 3.8) is 0 Å². The Balaban J connectivity index is 1.51. The molecular formula is C24H26N4O. The molecule has 0 N–H and O–H groups in total. The molecule has 0 amide bonds. The summed E-state index contributed by atoms with van der Waals surface area (Å²) in [5, 5.41) is 0. The first-order chi connectivity index (χ1) is 14.0. The highest BCUT2D eigenvalue weighted by molar-refractivity contribution is 5.59. The molecule has 0 saturated heterocycles. The number of fused-ring (bicyclic) bond motifs is 2. The van der Waals surface area contributed by atoms with Gasteiger partial charge in [0.15, 0.2) is 0 Å². The summed E-state index contributed by atoms with van der Waals surface area (Å²) >= 11 is 0. The van der Waals surface area contributed by atoms with Gasteiger partial charge in [0.25, 0.3) is 5.56 Å². The molecule has 5 heteroatoms. The largest absolute Gasteiger partial charge is 0.341 e. The van der Waals surface area contributed by atoms with Crippen LogP contribution in [0, 0.1) is 11.3 Å². The van der Waals surface area contributed by atoms with Crippen molar-refractivity contribution >= 4 is 5.95 Å². The van der Waals surface area contributed by atoms with Crippen LogP contribution in [0.4, 0.5) is 5.95 Å². The molecule has 2 aromatic heterocycles. The second-order valence-corrected chi connectivity index (χ2v) is 9.19. The molecule has 2 aliphatic rings. The van der Waals surface area contributed by atoms with Crippen molar-refractivity contribution in [1.29, 1.82) is 0 Å². The van der Waals surface area contributed by atoms with E-state index in [1.165, 1.54) is 11.1 Å². The Morgan fingerprint density at radius 3 is 2.41 bits per heavy atom. The van der Waals surface area contributed by atoms with Gasteiger partial charge < -0.3 is 4.90 Å². The monoisotopic (exact) mass is 386 g/mol. The van der Waals surface area contributed by atoms with E-state index in [-0.39, 0.29) is 11.0 Å². The van der Waals surface area contributed by atoms with Gasteiger partial charge in [-0.25, -0.2) is 4.98 Å². The van der Waals surface area contributed by atoms with Crippen LogP contribution in [0.2, 0.25) is 0 Å². The van der Waals surface area contributed by atoms with Crippen molar-refractivity contribution in [3.8, 4) is 11.3 Å². The van der Waals surface area contributed by atoms with E-state index >= 15 is 0 Å². The number of pyridine rings is 1. The normalized spacial score (nSPS) is 17.8. The Labute approximate surface area is 171 Å². The maximum atomic E-state index is 13.0. The lowest BCUT2D eigenvalue weighted by molar-refractivity contribution is 0.268. The van der Waals surface area contributed by atoms with Crippen LogP contribution in [0.1, 0.15) is 25.0 Å². The lowest BCUT2D eigenvalue weighted by Gasteiger charge is -2.41. The summed E-state index contributed by atoms with van der Waals surface area (Å²) in [5.74, 6) is 1.36. The topological polar surface area (TPSA) is 51.0 Å². The maximum absolute atomic E-state index is 13.0. The van der Waals surface area contributed by atoms with Crippen molar-refractivity contribution in [1.82, 2.24) is 14.5 Å². The Hall–Kier alpha value is -2.95. The average Bonchev–Trinajstić information content (AvgIpc) is 3.11. The fourth-order valence-electron chi connectivity index (χ4n) is 4.86. The molecule has 1 aliphatic carbocycles. The third kappa shape index (κ3) is 3.46. The lowest BCUT2D eigenvalue weighted by atomic mass is 9.90. The van der Waals surface area contributed by atoms with E-state index in [0.717, 1.165) is 43.1 Å². The minimum atomic E-state index is 0.0225. The predicted octanol–water partition coefficient (Wildman–Crippen LogP) is 3.57. The molecule has 148 valence electrons. The molecule has 5 rings (SSSR count). The maximum Gasteiger partial charge on any atom is 0.255 e. The molecule has 0 atom stereocenters. The summed E-state index contributed by atoms with van der Waals surface area (Å²) in [6.07, 6.45) is 5.68. The third-order valence-corrected chi connectivity index (χ3v) is 6.07. The highest BCUT2D eigenvalue weighted by Crippen LogP contribution is 2.33. The highest BCUT2D eigenvalue weighted by Gasteiger charge is 2.34. The fraction of sp³-hybridized carbons (Fsp3) is 0.375. The van der Waals surface area contributed by atoms with Gasteiger partial charge in [-0.15, -0.1) is 0 Å². The molecular weight excluding hydrogens is 360 g/mol. The van der Waals surface area contributed by atoms with Crippen molar-refractivity contribution in [2.75, 3.05) is 18.0 Å². The zero-order valence-corrected chi connectivity index (χ0v) is 17.0. The van der Waals surface area contributed by atoms with Crippen LogP contribution in [0.5, 0.6) is 0 Å². The summed E-state index contributed by atoms with van der Waals surface area (Å²) < 4.78 is 1.86. The average molecular weight is 386 g/mol. The van der Waals surface area contributed by atoms with Crippen LogP contribution in [0.25, 0.3) is 11.3 Å². The first-order valence-electron chi connectivity index (χ1n) is 10.3. The Morgan fingerprint density at radius 2 is 1.72 bits per heavy atom. The van der Waals surface area contributed by atoms with E-state index in [1.807, 2.05) is 16.7 Å². The number of hydrogen-bond acceptors (Lipinski definition) is 4. The Bertz CT molecular complexity index is 1080. The molecule has 0 bridgehead atoms. The van der Waals surface area contributed by atoms with E-state index in [9.17, 15) is 4.79 Å². The lowest BCUT2D eigenvalue weighted by Crippen LogP contribution is -2.49. The van der Waals surface area contributed by atoms with Crippen LogP contribution in [0.3, 0.4) is 0 Å². The minimum absolute atomic E-state index is 0.0225. The summed E-state index contributed by atoms with van der Waals surface area (Å²) in [5.41, 5.74) is 4.63. The van der Waals surface area contributed by atoms with Crippen LogP contribution in [0.15, 0.2) is 59.7 Å². The van der Waals surface area contributed by atoms with Gasteiger partial charge in [-0.2, -0.15) is 0 Å². The van der Waals surface area contributed by atoms with E-state index in [1.54, 1.807) is 18.5 Å². The standard InChI is InChI=1S/C24H26N4O/c1-24(2)15-27(14-17-11-19-5-3-4-6-20(19)12-17)23-26-21(13-22(29)28(23)16-24)18-7-9-25-10-8-18/h3-10,13,17H,11-12,14-16H2,1-2H3. The van der Waals surface area contributed by atoms with Gasteiger partial charge in [-0.05, 0) is 42.0 Å². The summed E-state index contributed by atoms with van der Waals surface area (Å²) in [4.78, 5) is 24.4. The third-order valence-electron chi connectivity index (χ3n) is 6.07. The predicted molar refractivity (Wildman–Crippen MR) is 115 cm³/mol. The van der Waals surface area contributed by atoms with Gasteiger partial charge in [0, 0.05) is 49.1 Å². The van der Waals surface area contributed by atoms with E-state index in [4.69, 9.17) is 4.98 Å². The van der Waals surface area contributed by atoms with Crippen LogP contribution in [-0.4, -0.2) is 27.6 Å². The number of nitrogens with zero attached hydrogens (tertiary/aromatic N) is 4. The van der Waals surface area contributed by atoms with Gasteiger partial charge in [0.05, 0.1) is 5.69 Å². The summed E-state index contributed by atoms with van der Waals surface area (Å²) in [7, 11) is 0. The van der Waals surface area contributed by atoms with Crippen LogP contribution in [-0.2, 0) is 19.4 Å². The Morgan fingerprint density at radius 1 is 1.03 bits per heavy atom. The van der Waals surface area contributed by atoms with Gasteiger partial charge in [-0.1, -0.05) is 38.1 Å². The number of benzene rings is 1. The van der Waals surface area contributed by atoms with Gasteiger partial charge in [-0.3, -0.25) is 14.3 Å². The number of anilines is 1. The van der Waals surface area contributed by atoms with Crippen molar-refractivity contribution in [2.45, 2.75) is 33.2 Å². The van der Waals surface area contributed by atoms with E-state index in [0.29, 0.717) is 12.5 Å². The molecule has 0 unspecified atom stereocenters. The zero-order chi connectivity index (χ0) is 20.0. The Kier molecular flexibility index (Phi) is 4.26. The molecule has 3 heterocycles. The minimum Gasteiger partial charge on any atom is -0.341 e. The van der Waals surface area contributed by atoms with Gasteiger partial charge in [0.1, 0.15) is 0 Å². The van der Waals surface area contributed by atoms with Crippen molar-refractivity contribution in [3.05, 3.63) is 76.3 Å². The van der Waals surface area contributed by atoms with Crippen LogP contribution >= 0.6 is 0 Å². The van der Waals surface area contributed by atoms with Gasteiger partial charge >= 0.3 is 0 Å². The molecule has 3 aromatic rings. The molecule has 5 nitrogen and oxygen atoms in total. The molecule has 0 saturated carbocycles. The number of hydrogen-bond donors (Lipinski definition) is 0. The number of aromatic nitrogens is 3. The summed E-state index contributed by atoms with van der Waals surface area (Å²) in [6.45, 7) is 6.99. The SMILES string of the molecule is CC1(C)CN(CC2Cc3ccccc3C2)c2nc(-c3ccncc3)cc(=O)n2C1. The first-order valence-corrected chi connectivity index (χ1v) is 10.3. The second-order valence-electron chi connectivity index (χ2n) is 9.19. The number of rotatable bonds is 3. The van der Waals surface area contributed by atoms with E-state index < -0.39 is 0 Å².